The van der Waals surface area contributed by atoms with Gasteiger partial charge in [0, 0.05) is 30.5 Å². The van der Waals surface area contributed by atoms with E-state index in [4.69, 9.17) is 14.4 Å². The molecule has 2 aliphatic heterocycles. The summed E-state index contributed by atoms with van der Waals surface area (Å²) in [6, 6.07) is 8.34. The zero-order valence-electron chi connectivity index (χ0n) is 13.7. The van der Waals surface area contributed by atoms with Crippen molar-refractivity contribution in [3.05, 3.63) is 24.3 Å². The molecule has 1 N–H and O–H groups in total. The van der Waals surface area contributed by atoms with Crippen molar-refractivity contribution in [3.63, 3.8) is 0 Å². The fraction of sp³-hybridized carbons (Fsp3) is 0.625. The lowest BCUT2D eigenvalue weighted by Crippen LogP contribution is -2.43. The molecular weight excluding hydrogens is 297 g/mol. The standard InChI is InChI=1S/C16H24BNO3S/c1-15(2)16(3,4)21-17(20-15)13-6-5-7-14(8-13)22-18-9-12(10-18)11-19/h5-8,12,19H,9-11H2,1-4H3. The first-order valence-corrected chi connectivity index (χ1v) is 8.57. The molecule has 2 saturated heterocycles. The van der Waals surface area contributed by atoms with Crippen molar-refractivity contribution in [1.82, 2.24) is 4.31 Å². The van der Waals surface area contributed by atoms with Crippen LogP contribution >= 0.6 is 11.9 Å². The van der Waals surface area contributed by atoms with Crippen LogP contribution in [0.4, 0.5) is 0 Å². The number of aliphatic hydroxyl groups is 1. The van der Waals surface area contributed by atoms with Gasteiger partial charge in [0.2, 0.25) is 0 Å². The average Bonchev–Trinajstić information content (AvgIpc) is 2.63. The summed E-state index contributed by atoms with van der Waals surface area (Å²) in [5.74, 6) is 0.429. The molecule has 0 unspecified atom stereocenters. The second-order valence-corrected chi connectivity index (χ2v) is 8.32. The lowest BCUT2D eigenvalue weighted by atomic mass is 9.79. The largest absolute Gasteiger partial charge is 0.494 e. The van der Waals surface area contributed by atoms with Gasteiger partial charge in [0.15, 0.2) is 0 Å². The molecule has 0 aromatic heterocycles. The fourth-order valence-electron chi connectivity index (χ4n) is 2.56. The third kappa shape index (κ3) is 3.08. The van der Waals surface area contributed by atoms with Crippen LogP contribution in [-0.2, 0) is 9.31 Å². The Balaban J connectivity index is 1.67. The normalized spacial score (nSPS) is 24.5. The average molecular weight is 321 g/mol. The fourth-order valence-corrected chi connectivity index (χ4v) is 3.76. The van der Waals surface area contributed by atoms with E-state index in [1.54, 1.807) is 11.9 Å². The molecular formula is C16H24BNO3S. The highest BCUT2D eigenvalue weighted by Gasteiger charge is 2.51. The molecule has 2 aliphatic rings. The number of aliphatic hydroxyl groups excluding tert-OH is 1. The highest BCUT2D eigenvalue weighted by Crippen LogP contribution is 2.37. The molecule has 0 saturated carbocycles. The highest BCUT2D eigenvalue weighted by molar-refractivity contribution is 7.97. The van der Waals surface area contributed by atoms with E-state index < -0.39 is 0 Å². The second kappa shape index (κ2) is 5.84. The second-order valence-electron chi connectivity index (χ2n) is 7.15. The lowest BCUT2D eigenvalue weighted by molar-refractivity contribution is 0.00578. The van der Waals surface area contributed by atoms with Crippen LogP contribution in [0.3, 0.4) is 0 Å². The van der Waals surface area contributed by atoms with Gasteiger partial charge in [0.25, 0.3) is 0 Å². The van der Waals surface area contributed by atoms with Gasteiger partial charge in [0.1, 0.15) is 0 Å². The van der Waals surface area contributed by atoms with E-state index in [0.29, 0.717) is 5.92 Å². The van der Waals surface area contributed by atoms with Crippen molar-refractivity contribution >= 4 is 24.5 Å². The van der Waals surface area contributed by atoms with Crippen molar-refractivity contribution in [2.45, 2.75) is 43.8 Å². The molecule has 0 atom stereocenters. The molecule has 0 aliphatic carbocycles. The van der Waals surface area contributed by atoms with Crippen molar-refractivity contribution in [2.24, 2.45) is 5.92 Å². The number of hydrogen-bond acceptors (Lipinski definition) is 5. The maximum atomic E-state index is 9.09. The van der Waals surface area contributed by atoms with Crippen molar-refractivity contribution in [3.8, 4) is 0 Å². The molecule has 6 heteroatoms. The monoisotopic (exact) mass is 321 g/mol. The van der Waals surface area contributed by atoms with E-state index in [2.05, 4.69) is 50.2 Å². The van der Waals surface area contributed by atoms with E-state index in [9.17, 15) is 0 Å². The summed E-state index contributed by atoms with van der Waals surface area (Å²) in [6.45, 7) is 10.5. The van der Waals surface area contributed by atoms with Gasteiger partial charge in [0.05, 0.1) is 11.2 Å². The summed E-state index contributed by atoms with van der Waals surface area (Å²) in [6.07, 6.45) is 0. The van der Waals surface area contributed by atoms with E-state index >= 15 is 0 Å². The Hall–Kier alpha value is -0.525. The number of hydrogen-bond donors (Lipinski definition) is 1. The van der Waals surface area contributed by atoms with E-state index in [0.717, 1.165) is 18.6 Å². The third-order valence-corrected chi connectivity index (χ3v) is 5.82. The molecule has 0 amide bonds. The SMILES string of the molecule is CC1(C)OB(c2cccc(SN3CC(CO)C3)c2)OC1(C)C. The van der Waals surface area contributed by atoms with Gasteiger partial charge in [-0.05, 0) is 57.2 Å². The van der Waals surface area contributed by atoms with Crippen LogP contribution in [0.5, 0.6) is 0 Å². The minimum absolute atomic E-state index is 0.283. The quantitative estimate of drug-likeness (QED) is 0.678. The van der Waals surface area contributed by atoms with Crippen LogP contribution in [0.25, 0.3) is 0 Å². The molecule has 120 valence electrons. The zero-order chi connectivity index (χ0) is 16.0. The number of nitrogens with zero attached hydrogens (tertiary/aromatic N) is 1. The first kappa shape index (κ1) is 16.3. The van der Waals surface area contributed by atoms with E-state index in [1.165, 1.54) is 4.90 Å². The van der Waals surface area contributed by atoms with Gasteiger partial charge in [-0.2, -0.15) is 0 Å². The summed E-state index contributed by atoms with van der Waals surface area (Å²) in [5.41, 5.74) is 0.432. The number of rotatable bonds is 4. The van der Waals surface area contributed by atoms with E-state index in [1.807, 2.05) is 6.07 Å². The van der Waals surface area contributed by atoms with Crippen LogP contribution in [-0.4, -0.2) is 47.4 Å². The van der Waals surface area contributed by atoms with Crippen molar-refractivity contribution in [1.29, 1.82) is 0 Å². The number of benzene rings is 1. The van der Waals surface area contributed by atoms with Crippen LogP contribution in [0.15, 0.2) is 29.2 Å². The summed E-state index contributed by atoms with van der Waals surface area (Å²) in [4.78, 5) is 1.18. The first-order chi connectivity index (χ1) is 10.3. The van der Waals surface area contributed by atoms with Gasteiger partial charge in [-0.15, -0.1) is 0 Å². The van der Waals surface area contributed by atoms with Gasteiger partial charge in [-0.3, -0.25) is 0 Å². The maximum absolute atomic E-state index is 9.09. The molecule has 0 radical (unpaired) electrons. The minimum Gasteiger partial charge on any atom is -0.399 e. The van der Waals surface area contributed by atoms with Crippen LogP contribution < -0.4 is 5.46 Å². The topological polar surface area (TPSA) is 41.9 Å². The van der Waals surface area contributed by atoms with Gasteiger partial charge in [-0.25, -0.2) is 4.31 Å². The third-order valence-electron chi connectivity index (χ3n) is 4.80. The predicted octanol–water partition coefficient (Wildman–Crippen LogP) is 1.92. The van der Waals surface area contributed by atoms with Crippen molar-refractivity contribution in [2.75, 3.05) is 19.7 Å². The smallest absolute Gasteiger partial charge is 0.399 e. The minimum atomic E-state index is -0.313. The zero-order valence-corrected chi connectivity index (χ0v) is 14.5. The van der Waals surface area contributed by atoms with Gasteiger partial charge < -0.3 is 14.4 Å². The van der Waals surface area contributed by atoms with Gasteiger partial charge in [-0.1, -0.05) is 12.1 Å². The Labute approximate surface area is 137 Å². The molecule has 0 bridgehead atoms. The Kier molecular flexibility index (Phi) is 4.33. The molecule has 3 rings (SSSR count). The van der Waals surface area contributed by atoms with Crippen LogP contribution in [0.1, 0.15) is 27.7 Å². The summed E-state index contributed by atoms with van der Waals surface area (Å²) < 4.78 is 14.5. The summed E-state index contributed by atoms with van der Waals surface area (Å²) in [5, 5.41) is 9.09. The van der Waals surface area contributed by atoms with Gasteiger partial charge >= 0.3 is 7.12 Å². The molecule has 2 fully saturated rings. The van der Waals surface area contributed by atoms with Crippen LogP contribution in [0, 0.1) is 5.92 Å². The Morgan fingerprint density at radius 3 is 2.45 bits per heavy atom. The summed E-state index contributed by atoms with van der Waals surface area (Å²) in [7, 11) is -0.313. The predicted molar refractivity (Wildman–Crippen MR) is 90.2 cm³/mol. The van der Waals surface area contributed by atoms with E-state index in [-0.39, 0.29) is 24.9 Å². The maximum Gasteiger partial charge on any atom is 0.494 e. The Morgan fingerprint density at radius 2 is 1.86 bits per heavy atom. The first-order valence-electron chi connectivity index (χ1n) is 7.80. The molecule has 1 aromatic carbocycles. The molecule has 1 aromatic rings. The Morgan fingerprint density at radius 1 is 1.23 bits per heavy atom. The molecule has 0 spiro atoms. The van der Waals surface area contributed by atoms with Crippen molar-refractivity contribution < 1.29 is 14.4 Å². The molecule has 22 heavy (non-hydrogen) atoms. The molecule has 2 heterocycles. The highest BCUT2D eigenvalue weighted by atomic mass is 32.2. The van der Waals surface area contributed by atoms with Crippen LogP contribution in [0.2, 0.25) is 0 Å². The lowest BCUT2D eigenvalue weighted by Gasteiger charge is -2.36. The Bertz CT molecular complexity index is 530. The summed E-state index contributed by atoms with van der Waals surface area (Å²) >= 11 is 1.73. The molecule has 4 nitrogen and oxygen atoms in total.